The maximum atomic E-state index is 10.4. The first-order valence-corrected chi connectivity index (χ1v) is 3.92. The first-order chi connectivity index (χ1) is 4.22. The highest BCUT2D eigenvalue weighted by Crippen LogP contribution is 1.96. The molecule has 0 radical (unpaired) electrons. The Morgan fingerprint density at radius 2 is 2.33 bits per heavy atom. The molecule has 3 nitrogen and oxygen atoms in total. The summed E-state index contributed by atoms with van der Waals surface area (Å²) in [6.45, 7) is -0.568. The summed E-state index contributed by atoms with van der Waals surface area (Å²) in [5, 5.41) is 17.0. The van der Waals surface area contributed by atoms with Gasteiger partial charge in [-0.3, -0.25) is 4.79 Å². The van der Waals surface area contributed by atoms with Gasteiger partial charge in [-0.05, 0) is 6.26 Å². The molecular formula is C5H10O3S. The Labute approximate surface area is 58.1 Å². The van der Waals surface area contributed by atoms with Crippen LogP contribution in [0.2, 0.25) is 0 Å². The lowest BCUT2D eigenvalue weighted by molar-refractivity contribution is -0.128. The van der Waals surface area contributed by atoms with Gasteiger partial charge in [0.1, 0.15) is 12.7 Å². The van der Waals surface area contributed by atoms with Crippen molar-refractivity contribution < 1.29 is 15.0 Å². The number of carbonyl (C=O) groups excluding carboxylic acids is 1. The zero-order valence-corrected chi connectivity index (χ0v) is 6.02. The fourth-order valence-corrected chi connectivity index (χ4v) is 0.858. The molecule has 0 saturated carbocycles. The van der Waals surface area contributed by atoms with Crippen molar-refractivity contribution in [1.82, 2.24) is 0 Å². The Morgan fingerprint density at radius 1 is 1.78 bits per heavy atom. The third-order valence-corrected chi connectivity index (χ3v) is 1.50. The molecule has 0 aliphatic carbocycles. The Morgan fingerprint density at radius 3 is 2.67 bits per heavy atom. The predicted molar refractivity (Wildman–Crippen MR) is 36.5 cm³/mol. The number of rotatable bonds is 4. The number of aliphatic hydroxyl groups excluding tert-OH is 2. The van der Waals surface area contributed by atoms with Crippen LogP contribution in [0.25, 0.3) is 0 Å². The molecule has 9 heavy (non-hydrogen) atoms. The van der Waals surface area contributed by atoms with Gasteiger partial charge in [0.25, 0.3) is 0 Å². The van der Waals surface area contributed by atoms with Crippen LogP contribution in [-0.4, -0.2) is 40.7 Å². The molecule has 1 atom stereocenters. The van der Waals surface area contributed by atoms with Gasteiger partial charge in [-0.2, -0.15) is 11.8 Å². The van der Waals surface area contributed by atoms with E-state index >= 15 is 0 Å². The van der Waals surface area contributed by atoms with Crippen molar-refractivity contribution in [1.29, 1.82) is 0 Å². The number of Topliss-reactive ketones (excluding diaryl/α,β-unsaturated/α-hetero) is 1. The maximum absolute atomic E-state index is 10.4. The molecule has 0 aromatic heterocycles. The topological polar surface area (TPSA) is 57.5 Å². The lowest BCUT2D eigenvalue weighted by Gasteiger charge is -2.03. The summed E-state index contributed by atoms with van der Waals surface area (Å²) in [6.07, 6.45) is 0.790. The predicted octanol–water partition coefficient (Wildman–Crippen LogP) is -0.728. The summed E-state index contributed by atoms with van der Waals surface area (Å²) in [5.74, 6) is -0.149. The summed E-state index contributed by atoms with van der Waals surface area (Å²) in [5.41, 5.74) is 0. The largest absolute Gasteiger partial charge is 0.388 e. The molecule has 0 amide bonds. The van der Waals surface area contributed by atoms with Crippen LogP contribution in [0.5, 0.6) is 0 Å². The van der Waals surface area contributed by atoms with E-state index < -0.39 is 18.5 Å². The van der Waals surface area contributed by atoms with Gasteiger partial charge >= 0.3 is 0 Å². The van der Waals surface area contributed by atoms with Crippen molar-refractivity contribution in [3.8, 4) is 0 Å². The van der Waals surface area contributed by atoms with Gasteiger partial charge in [-0.15, -0.1) is 0 Å². The number of ketones is 1. The number of thioether (sulfide) groups is 1. The van der Waals surface area contributed by atoms with Gasteiger partial charge in [0.2, 0.25) is 0 Å². The van der Waals surface area contributed by atoms with Gasteiger partial charge < -0.3 is 10.2 Å². The molecule has 4 heteroatoms. The summed E-state index contributed by atoms with van der Waals surface area (Å²) >= 11 is 1.37. The molecule has 2 N–H and O–H groups in total. The van der Waals surface area contributed by atoms with Crippen molar-refractivity contribution in [2.75, 3.05) is 18.6 Å². The van der Waals surface area contributed by atoms with Crippen LogP contribution in [0, 0.1) is 0 Å². The normalized spacial score (nSPS) is 13.2. The monoisotopic (exact) mass is 150 g/mol. The third kappa shape index (κ3) is 3.51. The average molecular weight is 150 g/mol. The quantitative estimate of drug-likeness (QED) is 0.555. The van der Waals surface area contributed by atoms with E-state index in [0.29, 0.717) is 5.75 Å². The van der Waals surface area contributed by atoms with Crippen molar-refractivity contribution in [2.45, 2.75) is 6.10 Å². The van der Waals surface area contributed by atoms with Crippen LogP contribution in [0.15, 0.2) is 0 Å². The molecular weight excluding hydrogens is 140 g/mol. The Kier molecular flexibility index (Phi) is 4.75. The Hall–Kier alpha value is -0.0600. The minimum atomic E-state index is -0.995. The van der Waals surface area contributed by atoms with Crippen molar-refractivity contribution in [2.24, 2.45) is 0 Å². The first kappa shape index (κ1) is 8.94. The molecule has 0 fully saturated rings. The van der Waals surface area contributed by atoms with E-state index in [2.05, 4.69) is 0 Å². The molecule has 0 aromatic carbocycles. The summed E-state index contributed by atoms with van der Waals surface area (Å²) in [4.78, 5) is 10.4. The molecule has 54 valence electrons. The molecule has 0 saturated heterocycles. The molecule has 0 bridgehead atoms. The standard InChI is InChI=1S/C5H10O3S/c1-9-3-5(8)4(7)2-6/h5-6,8H,2-3H2,1H3. The van der Waals surface area contributed by atoms with Gasteiger partial charge in [0.05, 0.1) is 0 Å². The zero-order valence-electron chi connectivity index (χ0n) is 5.20. The highest BCUT2D eigenvalue weighted by Gasteiger charge is 2.11. The average Bonchev–Trinajstić information content (AvgIpc) is 1.87. The smallest absolute Gasteiger partial charge is 0.187 e. The summed E-state index contributed by atoms with van der Waals surface area (Å²) < 4.78 is 0. The second kappa shape index (κ2) is 4.78. The van der Waals surface area contributed by atoms with Gasteiger partial charge in [0.15, 0.2) is 5.78 Å². The summed E-state index contributed by atoms with van der Waals surface area (Å²) in [7, 11) is 0. The van der Waals surface area contributed by atoms with Crippen LogP contribution < -0.4 is 0 Å². The number of hydrogen-bond donors (Lipinski definition) is 2. The first-order valence-electron chi connectivity index (χ1n) is 2.53. The lowest BCUT2D eigenvalue weighted by Crippen LogP contribution is -2.25. The molecule has 1 unspecified atom stereocenters. The van der Waals surface area contributed by atoms with E-state index in [9.17, 15) is 4.79 Å². The van der Waals surface area contributed by atoms with E-state index in [1.54, 1.807) is 6.26 Å². The van der Waals surface area contributed by atoms with E-state index in [-0.39, 0.29) is 0 Å². The van der Waals surface area contributed by atoms with Gasteiger partial charge in [0, 0.05) is 5.75 Å². The minimum Gasteiger partial charge on any atom is -0.388 e. The molecule has 0 aromatic rings. The molecule has 0 aliphatic rings. The van der Waals surface area contributed by atoms with Gasteiger partial charge in [-0.25, -0.2) is 0 Å². The fourth-order valence-electron chi connectivity index (χ4n) is 0.356. The molecule has 0 spiro atoms. The summed E-state index contributed by atoms with van der Waals surface area (Å²) in [6, 6.07) is 0. The van der Waals surface area contributed by atoms with Crippen LogP contribution in [0.4, 0.5) is 0 Å². The zero-order chi connectivity index (χ0) is 7.28. The van der Waals surface area contributed by atoms with E-state index in [1.807, 2.05) is 0 Å². The SMILES string of the molecule is CSCC(O)C(=O)CO. The maximum Gasteiger partial charge on any atom is 0.187 e. The Bertz CT molecular complexity index is 94.2. The van der Waals surface area contributed by atoms with Crippen molar-refractivity contribution in [3.63, 3.8) is 0 Å². The lowest BCUT2D eigenvalue weighted by atomic mass is 10.3. The highest BCUT2D eigenvalue weighted by atomic mass is 32.2. The number of carbonyl (C=O) groups is 1. The second-order valence-corrected chi connectivity index (χ2v) is 2.51. The van der Waals surface area contributed by atoms with Crippen molar-refractivity contribution >= 4 is 17.5 Å². The fraction of sp³-hybridized carbons (Fsp3) is 0.800. The van der Waals surface area contributed by atoms with Crippen LogP contribution in [-0.2, 0) is 4.79 Å². The van der Waals surface area contributed by atoms with Crippen molar-refractivity contribution in [3.05, 3.63) is 0 Å². The van der Waals surface area contributed by atoms with Crippen LogP contribution >= 0.6 is 11.8 Å². The molecule has 0 aliphatic heterocycles. The number of hydrogen-bond acceptors (Lipinski definition) is 4. The van der Waals surface area contributed by atoms with Crippen LogP contribution in [0.3, 0.4) is 0 Å². The minimum absolute atomic E-state index is 0.361. The Balaban J connectivity index is 3.45. The van der Waals surface area contributed by atoms with Gasteiger partial charge in [-0.1, -0.05) is 0 Å². The highest BCUT2D eigenvalue weighted by molar-refractivity contribution is 7.98. The third-order valence-electron chi connectivity index (χ3n) is 0.852. The van der Waals surface area contributed by atoms with E-state index in [0.717, 1.165) is 0 Å². The van der Waals surface area contributed by atoms with E-state index in [4.69, 9.17) is 10.2 Å². The molecule has 0 heterocycles. The van der Waals surface area contributed by atoms with E-state index in [1.165, 1.54) is 11.8 Å². The second-order valence-electron chi connectivity index (χ2n) is 1.60. The van der Waals surface area contributed by atoms with Crippen LogP contribution in [0.1, 0.15) is 0 Å². The number of aliphatic hydroxyl groups is 2. The molecule has 0 rings (SSSR count).